The van der Waals surface area contributed by atoms with Crippen molar-refractivity contribution in [1.82, 2.24) is 20.7 Å². The maximum absolute atomic E-state index is 12.4. The fraction of sp³-hybridized carbons (Fsp3) is 0.818. The third kappa shape index (κ3) is 2.29. The molecule has 1 aliphatic carbocycles. The molecule has 4 amide bonds. The van der Waals surface area contributed by atoms with Crippen LogP contribution in [0.15, 0.2) is 0 Å². The number of nitrogens with one attached hydrogen (secondary N) is 2. The normalized spacial score (nSPS) is 30.6. The molecule has 18 heavy (non-hydrogen) atoms. The van der Waals surface area contributed by atoms with Crippen molar-refractivity contribution in [2.75, 3.05) is 7.05 Å². The second-order valence-electron chi connectivity index (χ2n) is 4.95. The number of thiol groups is 1. The minimum atomic E-state index is -1.01. The number of hydrogen-bond donors (Lipinski definition) is 3. The van der Waals surface area contributed by atoms with Crippen molar-refractivity contribution in [3.63, 3.8) is 0 Å². The summed E-state index contributed by atoms with van der Waals surface area (Å²) in [5.74, 6) is 0. The third-order valence-electron chi connectivity index (χ3n) is 3.56. The Balaban J connectivity index is 2.20. The number of hydrogen-bond acceptors (Lipinski definition) is 4. The van der Waals surface area contributed by atoms with Crippen LogP contribution in [0.5, 0.6) is 0 Å². The zero-order valence-corrected chi connectivity index (χ0v) is 11.7. The Hall–Kier alpha value is -0.950. The highest BCUT2D eigenvalue weighted by atomic mass is 32.1. The highest BCUT2D eigenvalue weighted by Crippen LogP contribution is 2.28. The Kier molecular flexibility index (Phi) is 3.72. The van der Waals surface area contributed by atoms with Crippen LogP contribution in [-0.2, 0) is 0 Å². The SMILES string of the molecule is CNN1C(=O)N(C2CCCCC2)C(=O)NC1(C)S. The highest BCUT2D eigenvalue weighted by Gasteiger charge is 2.46. The lowest BCUT2D eigenvalue weighted by atomic mass is 9.94. The summed E-state index contributed by atoms with van der Waals surface area (Å²) < 4.78 is 0. The number of urea groups is 2. The largest absolute Gasteiger partial charge is 0.345 e. The number of rotatable bonds is 2. The van der Waals surface area contributed by atoms with Crippen molar-refractivity contribution < 1.29 is 9.59 Å². The Labute approximate surface area is 112 Å². The summed E-state index contributed by atoms with van der Waals surface area (Å²) in [4.78, 5) is 24.8. The standard InChI is InChI=1S/C11H20N4O2S/c1-11(18)13-9(16)14(10(17)15(11)12-2)8-6-4-3-5-7-8/h8,12,18H,3-7H2,1-2H3,(H,13,16). The first kappa shape index (κ1) is 13.5. The van der Waals surface area contributed by atoms with E-state index in [1.54, 1.807) is 14.0 Å². The number of carbonyl (C=O) groups excluding carboxylic acids is 2. The summed E-state index contributed by atoms with van der Waals surface area (Å²) in [7, 11) is 1.64. The van der Waals surface area contributed by atoms with E-state index in [9.17, 15) is 9.59 Å². The molecule has 2 aliphatic rings. The van der Waals surface area contributed by atoms with Crippen LogP contribution in [0, 0.1) is 0 Å². The maximum Gasteiger partial charge on any atom is 0.345 e. The van der Waals surface area contributed by atoms with Gasteiger partial charge in [-0.25, -0.2) is 24.9 Å². The van der Waals surface area contributed by atoms with Crippen molar-refractivity contribution in [3.8, 4) is 0 Å². The first-order chi connectivity index (χ1) is 8.47. The minimum absolute atomic E-state index is 0.00605. The van der Waals surface area contributed by atoms with E-state index in [2.05, 4.69) is 23.4 Å². The van der Waals surface area contributed by atoms with Crippen molar-refractivity contribution in [3.05, 3.63) is 0 Å². The van der Waals surface area contributed by atoms with Crippen molar-refractivity contribution in [2.24, 2.45) is 0 Å². The van der Waals surface area contributed by atoms with Gasteiger partial charge in [-0.2, -0.15) is 0 Å². The number of imide groups is 1. The molecule has 0 radical (unpaired) electrons. The molecule has 0 aromatic heterocycles. The van der Waals surface area contributed by atoms with Gasteiger partial charge in [-0.05, 0) is 19.8 Å². The Bertz CT molecular complexity index is 355. The predicted octanol–water partition coefficient (Wildman–Crippen LogP) is 1.50. The van der Waals surface area contributed by atoms with E-state index < -0.39 is 4.99 Å². The Morgan fingerprint density at radius 2 is 1.94 bits per heavy atom. The van der Waals surface area contributed by atoms with Crippen molar-refractivity contribution in [1.29, 1.82) is 0 Å². The Morgan fingerprint density at radius 3 is 2.50 bits per heavy atom. The topological polar surface area (TPSA) is 64.7 Å². The number of carbonyl (C=O) groups is 2. The summed E-state index contributed by atoms with van der Waals surface area (Å²) in [6, 6.07) is -0.673. The first-order valence-electron chi connectivity index (χ1n) is 6.32. The predicted molar refractivity (Wildman–Crippen MR) is 70.9 cm³/mol. The van der Waals surface area contributed by atoms with Crippen LogP contribution in [0.25, 0.3) is 0 Å². The molecule has 1 saturated carbocycles. The zero-order chi connectivity index (χ0) is 13.3. The van der Waals surface area contributed by atoms with Crippen LogP contribution in [0.2, 0.25) is 0 Å². The quantitative estimate of drug-likeness (QED) is 0.668. The molecular weight excluding hydrogens is 252 g/mol. The van der Waals surface area contributed by atoms with Crippen LogP contribution >= 0.6 is 12.6 Å². The van der Waals surface area contributed by atoms with Gasteiger partial charge in [0.25, 0.3) is 0 Å². The van der Waals surface area contributed by atoms with Crippen LogP contribution in [0.4, 0.5) is 9.59 Å². The van der Waals surface area contributed by atoms with E-state index in [0.29, 0.717) is 0 Å². The van der Waals surface area contributed by atoms with Gasteiger partial charge < -0.3 is 5.32 Å². The first-order valence-corrected chi connectivity index (χ1v) is 6.77. The lowest BCUT2D eigenvalue weighted by molar-refractivity contribution is 0.0564. The van der Waals surface area contributed by atoms with E-state index >= 15 is 0 Å². The van der Waals surface area contributed by atoms with Crippen LogP contribution in [0.1, 0.15) is 39.0 Å². The van der Waals surface area contributed by atoms with E-state index in [0.717, 1.165) is 25.7 Å². The van der Waals surface area contributed by atoms with E-state index in [-0.39, 0.29) is 18.1 Å². The van der Waals surface area contributed by atoms with Gasteiger partial charge in [0.1, 0.15) is 0 Å². The molecule has 1 atom stereocenters. The lowest BCUT2D eigenvalue weighted by Crippen LogP contribution is -2.73. The molecule has 2 rings (SSSR count). The van der Waals surface area contributed by atoms with Gasteiger partial charge in [-0.15, -0.1) is 12.6 Å². The van der Waals surface area contributed by atoms with Gasteiger partial charge >= 0.3 is 12.1 Å². The summed E-state index contributed by atoms with van der Waals surface area (Å²) in [5.41, 5.74) is 2.78. The molecule has 1 heterocycles. The number of nitrogens with zero attached hydrogens (tertiary/aromatic N) is 2. The Morgan fingerprint density at radius 1 is 1.33 bits per heavy atom. The molecule has 0 bridgehead atoms. The molecule has 0 spiro atoms. The second kappa shape index (κ2) is 4.97. The monoisotopic (exact) mass is 272 g/mol. The third-order valence-corrected chi connectivity index (χ3v) is 3.87. The second-order valence-corrected chi connectivity index (χ2v) is 5.83. The number of amides is 4. The van der Waals surface area contributed by atoms with Gasteiger partial charge in [0.15, 0.2) is 4.99 Å². The van der Waals surface area contributed by atoms with Crippen molar-refractivity contribution >= 4 is 24.7 Å². The molecule has 2 fully saturated rings. The van der Waals surface area contributed by atoms with E-state index in [1.165, 1.54) is 16.3 Å². The molecule has 0 aromatic rings. The molecule has 0 aromatic carbocycles. The summed E-state index contributed by atoms with van der Waals surface area (Å²) in [6.45, 7) is 1.67. The fourth-order valence-corrected chi connectivity index (χ4v) is 2.96. The van der Waals surface area contributed by atoms with E-state index in [1.807, 2.05) is 0 Å². The zero-order valence-electron chi connectivity index (χ0n) is 10.8. The maximum atomic E-state index is 12.4. The minimum Gasteiger partial charge on any atom is -0.305 e. The lowest BCUT2D eigenvalue weighted by Gasteiger charge is -2.47. The molecule has 1 saturated heterocycles. The van der Waals surface area contributed by atoms with Crippen LogP contribution < -0.4 is 10.7 Å². The van der Waals surface area contributed by atoms with E-state index in [4.69, 9.17) is 0 Å². The fourth-order valence-electron chi connectivity index (χ4n) is 2.67. The van der Waals surface area contributed by atoms with Crippen LogP contribution in [0.3, 0.4) is 0 Å². The van der Waals surface area contributed by atoms with Crippen LogP contribution in [-0.4, -0.2) is 40.1 Å². The average Bonchev–Trinajstić information content (AvgIpc) is 2.29. The molecule has 1 aliphatic heterocycles. The van der Waals surface area contributed by atoms with Crippen molar-refractivity contribution in [2.45, 2.75) is 50.1 Å². The molecular formula is C11H20N4O2S. The highest BCUT2D eigenvalue weighted by molar-refractivity contribution is 7.81. The van der Waals surface area contributed by atoms with Gasteiger partial charge in [-0.1, -0.05) is 19.3 Å². The van der Waals surface area contributed by atoms with Gasteiger partial charge in [0.05, 0.1) is 0 Å². The van der Waals surface area contributed by atoms with Gasteiger partial charge in [0, 0.05) is 13.1 Å². The smallest absolute Gasteiger partial charge is 0.305 e. The molecule has 1 unspecified atom stereocenters. The molecule has 2 N–H and O–H groups in total. The molecule has 7 heteroatoms. The average molecular weight is 272 g/mol. The molecule has 102 valence electrons. The van der Waals surface area contributed by atoms with Gasteiger partial charge in [0.2, 0.25) is 0 Å². The summed E-state index contributed by atoms with van der Waals surface area (Å²) >= 11 is 4.30. The van der Waals surface area contributed by atoms with Gasteiger partial charge in [-0.3, -0.25) is 0 Å². The summed E-state index contributed by atoms with van der Waals surface area (Å²) in [5, 5.41) is 4.07. The number of hydrazine groups is 1. The summed E-state index contributed by atoms with van der Waals surface area (Å²) in [6.07, 6.45) is 5.10. The molecule has 6 nitrogen and oxygen atoms in total.